The molecule has 0 bridgehead atoms. The van der Waals surface area contributed by atoms with Crippen LogP contribution in [-0.4, -0.2) is 41.1 Å². The van der Waals surface area contributed by atoms with Gasteiger partial charge in [0.25, 0.3) is 15.9 Å². The molecule has 0 radical (unpaired) electrons. The van der Waals surface area contributed by atoms with E-state index in [9.17, 15) is 13.2 Å². The van der Waals surface area contributed by atoms with Gasteiger partial charge in [-0.15, -0.1) is 0 Å². The first-order valence-electron chi connectivity index (χ1n) is 8.93. The Morgan fingerprint density at radius 3 is 2.18 bits per heavy atom. The van der Waals surface area contributed by atoms with Crippen molar-refractivity contribution in [2.45, 2.75) is 31.2 Å². The largest absolute Gasteiger partial charge is 0.497 e. The van der Waals surface area contributed by atoms with E-state index in [1.54, 1.807) is 36.4 Å². The van der Waals surface area contributed by atoms with Crippen molar-refractivity contribution in [1.82, 2.24) is 5.32 Å². The lowest BCUT2D eigenvalue weighted by molar-refractivity contribution is -0.123. The van der Waals surface area contributed by atoms with Crippen LogP contribution in [0.3, 0.4) is 0 Å². The van der Waals surface area contributed by atoms with E-state index in [-0.39, 0.29) is 23.5 Å². The fourth-order valence-electron chi connectivity index (χ4n) is 2.36. The highest BCUT2D eigenvalue weighted by molar-refractivity contribution is 7.92. The summed E-state index contributed by atoms with van der Waals surface area (Å²) in [5, 5.41) is 2.82. The highest BCUT2D eigenvalue weighted by Crippen LogP contribution is 2.25. The number of rotatable bonds is 9. The van der Waals surface area contributed by atoms with E-state index >= 15 is 0 Å². The highest BCUT2D eigenvalue weighted by Gasteiger charge is 2.21. The number of anilines is 1. The molecule has 0 aromatic heterocycles. The molecule has 28 heavy (non-hydrogen) atoms. The molecular weight excluding hydrogens is 380 g/mol. The van der Waals surface area contributed by atoms with E-state index in [0.29, 0.717) is 17.2 Å². The van der Waals surface area contributed by atoms with Crippen molar-refractivity contribution in [2.24, 2.45) is 0 Å². The average molecular weight is 407 g/mol. The zero-order chi connectivity index (χ0) is 20.7. The van der Waals surface area contributed by atoms with Gasteiger partial charge in [-0.1, -0.05) is 6.92 Å². The molecule has 2 aromatic carbocycles. The van der Waals surface area contributed by atoms with Crippen molar-refractivity contribution in [2.75, 3.05) is 25.1 Å². The molecule has 152 valence electrons. The fraction of sp³-hybridized carbons (Fsp3) is 0.350. The standard InChI is InChI=1S/C20H26N2O5S/c1-5-15(2)21-20(23)14-27-18-8-6-16(7-9-18)22(3)28(24,25)19-12-10-17(26-4)11-13-19/h6-13,15H,5,14H2,1-4H3,(H,21,23)/t15-/m1/s1. The molecule has 0 aliphatic heterocycles. The van der Waals surface area contributed by atoms with Crippen LogP contribution < -0.4 is 19.1 Å². The van der Waals surface area contributed by atoms with Gasteiger partial charge in [0.05, 0.1) is 17.7 Å². The van der Waals surface area contributed by atoms with Crippen molar-refractivity contribution in [3.63, 3.8) is 0 Å². The van der Waals surface area contributed by atoms with Gasteiger partial charge in [0, 0.05) is 13.1 Å². The van der Waals surface area contributed by atoms with Crippen molar-refractivity contribution < 1.29 is 22.7 Å². The van der Waals surface area contributed by atoms with Gasteiger partial charge < -0.3 is 14.8 Å². The molecule has 2 rings (SSSR count). The summed E-state index contributed by atoms with van der Waals surface area (Å²) in [5.41, 5.74) is 0.479. The second-order valence-electron chi connectivity index (χ2n) is 6.31. The molecule has 0 spiro atoms. The lowest BCUT2D eigenvalue weighted by Crippen LogP contribution is -2.35. The van der Waals surface area contributed by atoms with E-state index in [4.69, 9.17) is 9.47 Å². The van der Waals surface area contributed by atoms with Gasteiger partial charge in [0.1, 0.15) is 11.5 Å². The number of nitrogens with one attached hydrogen (secondary N) is 1. The van der Waals surface area contributed by atoms with Crippen LogP contribution in [0.5, 0.6) is 11.5 Å². The first-order valence-corrected chi connectivity index (χ1v) is 10.4. The van der Waals surface area contributed by atoms with Crippen LogP contribution >= 0.6 is 0 Å². The van der Waals surface area contributed by atoms with Crippen LogP contribution in [0.2, 0.25) is 0 Å². The summed E-state index contributed by atoms with van der Waals surface area (Å²) < 4.78 is 37.2. The number of carbonyl (C=O) groups excluding carboxylic acids is 1. The molecule has 0 saturated carbocycles. The van der Waals surface area contributed by atoms with Crippen LogP contribution in [0.25, 0.3) is 0 Å². The Morgan fingerprint density at radius 1 is 1.07 bits per heavy atom. The van der Waals surface area contributed by atoms with E-state index in [1.165, 1.54) is 30.6 Å². The van der Waals surface area contributed by atoms with Gasteiger partial charge in [-0.2, -0.15) is 0 Å². The number of hydrogen-bond acceptors (Lipinski definition) is 5. The molecule has 2 aromatic rings. The lowest BCUT2D eigenvalue weighted by atomic mass is 10.2. The predicted molar refractivity (Wildman–Crippen MR) is 108 cm³/mol. The lowest BCUT2D eigenvalue weighted by Gasteiger charge is -2.20. The molecule has 1 N–H and O–H groups in total. The Balaban J connectivity index is 2.04. The second kappa shape index (κ2) is 9.45. The number of ether oxygens (including phenoxy) is 2. The van der Waals surface area contributed by atoms with Crippen molar-refractivity contribution in [1.29, 1.82) is 0 Å². The summed E-state index contributed by atoms with van der Waals surface area (Å²) >= 11 is 0. The monoisotopic (exact) mass is 406 g/mol. The third kappa shape index (κ3) is 5.39. The molecular formula is C20H26N2O5S. The van der Waals surface area contributed by atoms with Crippen molar-refractivity contribution in [3.05, 3.63) is 48.5 Å². The molecule has 0 fully saturated rings. The van der Waals surface area contributed by atoms with Crippen LogP contribution in [-0.2, 0) is 14.8 Å². The van der Waals surface area contributed by atoms with Crippen molar-refractivity contribution in [3.8, 4) is 11.5 Å². The third-order valence-electron chi connectivity index (χ3n) is 4.31. The molecule has 1 atom stereocenters. The first-order chi connectivity index (χ1) is 13.3. The number of amides is 1. The quantitative estimate of drug-likeness (QED) is 0.692. The fourth-order valence-corrected chi connectivity index (χ4v) is 3.56. The molecule has 8 heteroatoms. The number of nitrogens with zero attached hydrogens (tertiary/aromatic N) is 1. The Morgan fingerprint density at radius 2 is 1.64 bits per heavy atom. The number of carbonyl (C=O) groups is 1. The molecule has 0 unspecified atom stereocenters. The molecule has 1 amide bonds. The number of sulfonamides is 1. The topological polar surface area (TPSA) is 84.9 Å². The number of methoxy groups -OCH3 is 1. The first kappa shape index (κ1) is 21.6. The molecule has 0 heterocycles. The zero-order valence-corrected chi connectivity index (χ0v) is 17.3. The predicted octanol–water partition coefficient (Wildman–Crippen LogP) is 2.81. The summed E-state index contributed by atoms with van der Waals surface area (Å²) in [6, 6.07) is 12.8. The van der Waals surface area contributed by atoms with E-state index in [1.807, 2.05) is 13.8 Å². The zero-order valence-electron chi connectivity index (χ0n) is 16.5. The second-order valence-corrected chi connectivity index (χ2v) is 8.28. The summed E-state index contributed by atoms with van der Waals surface area (Å²) in [6.45, 7) is 3.82. The number of benzene rings is 2. The maximum atomic E-state index is 12.8. The summed E-state index contributed by atoms with van der Waals surface area (Å²) in [4.78, 5) is 11.9. The Kier molecular flexibility index (Phi) is 7.28. The summed E-state index contributed by atoms with van der Waals surface area (Å²) in [7, 11) is -0.697. The minimum atomic E-state index is -3.70. The van der Waals surface area contributed by atoms with Gasteiger partial charge in [0.2, 0.25) is 0 Å². The van der Waals surface area contributed by atoms with Gasteiger partial charge in [-0.25, -0.2) is 8.42 Å². The average Bonchev–Trinajstić information content (AvgIpc) is 2.72. The van der Waals surface area contributed by atoms with Gasteiger partial charge in [-0.3, -0.25) is 9.10 Å². The molecule has 0 saturated heterocycles. The highest BCUT2D eigenvalue weighted by atomic mass is 32.2. The van der Waals surface area contributed by atoms with Gasteiger partial charge in [-0.05, 0) is 61.9 Å². The van der Waals surface area contributed by atoms with Crippen LogP contribution in [0, 0.1) is 0 Å². The van der Waals surface area contributed by atoms with E-state index in [0.717, 1.165) is 6.42 Å². The molecule has 0 aliphatic carbocycles. The van der Waals surface area contributed by atoms with Crippen LogP contribution in [0.1, 0.15) is 20.3 Å². The van der Waals surface area contributed by atoms with E-state index < -0.39 is 10.0 Å². The minimum Gasteiger partial charge on any atom is -0.497 e. The minimum absolute atomic E-state index is 0.0929. The van der Waals surface area contributed by atoms with Crippen molar-refractivity contribution >= 4 is 21.6 Å². The number of hydrogen-bond donors (Lipinski definition) is 1. The summed E-state index contributed by atoms with van der Waals surface area (Å²) in [6.07, 6.45) is 0.843. The SMILES string of the molecule is CC[C@@H](C)NC(=O)COc1ccc(N(C)S(=O)(=O)c2ccc(OC)cc2)cc1. The summed E-state index contributed by atoms with van der Waals surface area (Å²) in [5.74, 6) is 0.872. The van der Waals surface area contributed by atoms with Crippen LogP contribution in [0.15, 0.2) is 53.4 Å². The normalized spacial score (nSPS) is 12.1. The Hall–Kier alpha value is -2.74. The Labute approximate surface area is 166 Å². The maximum Gasteiger partial charge on any atom is 0.264 e. The van der Waals surface area contributed by atoms with Crippen LogP contribution in [0.4, 0.5) is 5.69 Å². The van der Waals surface area contributed by atoms with E-state index in [2.05, 4.69) is 5.32 Å². The third-order valence-corrected chi connectivity index (χ3v) is 6.11. The molecule has 0 aliphatic rings. The Bertz CT molecular complexity index is 880. The smallest absolute Gasteiger partial charge is 0.264 e. The van der Waals surface area contributed by atoms with Gasteiger partial charge in [0.15, 0.2) is 6.61 Å². The maximum absolute atomic E-state index is 12.8. The molecule has 7 nitrogen and oxygen atoms in total. The van der Waals surface area contributed by atoms with Gasteiger partial charge >= 0.3 is 0 Å².